The second-order valence-electron chi connectivity index (χ2n) is 7.94. The molecule has 1 saturated heterocycles. The van der Waals surface area contributed by atoms with Crippen LogP contribution in [0.3, 0.4) is 0 Å². The summed E-state index contributed by atoms with van der Waals surface area (Å²) in [5, 5.41) is -0.349. The van der Waals surface area contributed by atoms with Crippen LogP contribution in [-0.4, -0.2) is 60.3 Å². The summed E-state index contributed by atoms with van der Waals surface area (Å²) in [6.45, 7) is -0.919. The van der Waals surface area contributed by atoms with E-state index in [1.165, 1.54) is 18.5 Å². The van der Waals surface area contributed by atoms with Crippen molar-refractivity contribution in [1.29, 1.82) is 0 Å². The van der Waals surface area contributed by atoms with E-state index in [1.54, 1.807) is 17.8 Å². The van der Waals surface area contributed by atoms with Crippen molar-refractivity contribution in [3.8, 4) is 11.3 Å². The molecule has 1 atom stereocenters. The Morgan fingerprint density at radius 3 is 2.70 bits per heavy atom. The number of amides is 1. The molecule has 2 aromatic rings. The van der Waals surface area contributed by atoms with Crippen molar-refractivity contribution in [2.45, 2.75) is 19.0 Å². The van der Waals surface area contributed by atoms with E-state index in [0.717, 1.165) is 4.90 Å². The second-order valence-corrected chi connectivity index (χ2v) is 10.1. The summed E-state index contributed by atoms with van der Waals surface area (Å²) in [4.78, 5) is 19.6. The second kappa shape index (κ2) is 9.95. The zero-order valence-corrected chi connectivity index (χ0v) is 19.1. The van der Waals surface area contributed by atoms with Gasteiger partial charge >= 0.3 is 6.18 Å². The largest absolute Gasteiger partial charge is 0.401 e. The Morgan fingerprint density at radius 1 is 1.33 bits per heavy atom. The molecule has 1 aliphatic heterocycles. The zero-order chi connectivity index (χ0) is 24.4. The van der Waals surface area contributed by atoms with Crippen molar-refractivity contribution < 1.29 is 30.8 Å². The molecule has 1 unspecified atom stereocenters. The molecule has 1 aromatic heterocycles. The Bertz CT molecular complexity index is 1120. The minimum atomic E-state index is -4.37. The maximum Gasteiger partial charge on any atom is 0.401 e. The van der Waals surface area contributed by atoms with Crippen LogP contribution in [0.5, 0.6) is 0 Å². The van der Waals surface area contributed by atoms with Gasteiger partial charge in [-0.1, -0.05) is 11.6 Å². The van der Waals surface area contributed by atoms with E-state index < -0.39 is 51.7 Å². The number of hydrazine groups is 1. The number of nitrogens with one attached hydrogen (secondary N) is 2. The minimum absolute atomic E-state index is 0.0370. The van der Waals surface area contributed by atoms with Crippen LogP contribution in [-0.2, 0) is 17.1 Å². The van der Waals surface area contributed by atoms with Gasteiger partial charge in [-0.05, 0) is 37.4 Å². The van der Waals surface area contributed by atoms with Gasteiger partial charge in [0, 0.05) is 25.4 Å². The summed E-state index contributed by atoms with van der Waals surface area (Å²) in [6, 6.07) is 2.47. The number of likely N-dealkylation sites (tertiary alicyclic amines) is 1. The summed E-state index contributed by atoms with van der Waals surface area (Å²) in [6.07, 6.45) is -0.393. The number of nitrogens with zero attached hydrogens (tertiary/aromatic N) is 3. The van der Waals surface area contributed by atoms with Gasteiger partial charge in [0.2, 0.25) is 10.0 Å². The predicted octanol–water partition coefficient (Wildman–Crippen LogP) is 2.72. The highest BCUT2D eigenvalue weighted by Gasteiger charge is 2.34. The average molecular weight is 512 g/mol. The van der Waals surface area contributed by atoms with Gasteiger partial charge in [-0.2, -0.15) is 13.2 Å². The molecule has 0 bridgehead atoms. The van der Waals surface area contributed by atoms with E-state index >= 15 is 0 Å². The molecule has 0 aliphatic carbocycles. The van der Waals surface area contributed by atoms with Crippen molar-refractivity contribution >= 4 is 27.5 Å². The van der Waals surface area contributed by atoms with E-state index in [1.807, 2.05) is 10.3 Å². The first-order chi connectivity index (χ1) is 15.3. The summed E-state index contributed by atoms with van der Waals surface area (Å²) in [7, 11) is -2.37. The molecule has 14 heteroatoms. The minimum Gasteiger partial charge on any atom is -0.340 e. The topological polar surface area (TPSA) is 96.3 Å². The Morgan fingerprint density at radius 2 is 2.06 bits per heavy atom. The van der Waals surface area contributed by atoms with Gasteiger partial charge in [0.25, 0.3) is 5.91 Å². The lowest BCUT2D eigenvalue weighted by atomic mass is 10.0. The highest BCUT2D eigenvalue weighted by Crippen LogP contribution is 2.27. The van der Waals surface area contributed by atoms with Crippen molar-refractivity contribution in [2.24, 2.45) is 13.0 Å². The summed E-state index contributed by atoms with van der Waals surface area (Å²) in [5.74, 6) is -3.16. The number of aromatic nitrogens is 2. The molecule has 0 spiro atoms. The number of piperidine rings is 1. The molecule has 1 aromatic carbocycles. The number of carbonyl (C=O) groups is 1. The van der Waals surface area contributed by atoms with Crippen LogP contribution in [0.2, 0.25) is 5.02 Å². The summed E-state index contributed by atoms with van der Waals surface area (Å²) in [5.41, 5.74) is 2.21. The Balaban J connectivity index is 1.64. The lowest BCUT2D eigenvalue weighted by molar-refractivity contribution is -0.149. The van der Waals surface area contributed by atoms with E-state index in [4.69, 9.17) is 11.6 Å². The predicted molar refractivity (Wildman–Crippen MR) is 113 cm³/mol. The smallest absolute Gasteiger partial charge is 0.340 e. The standard InChI is InChI=1S/C19H22ClF4N5O3S/c1-28-8-16(25-11-28)13-5-14(17(21)15(20)6-13)18(30)26-27-33(31,32)9-12-3-2-4-29(7-12)10-19(22,23)24/h5-6,8,11-12,27H,2-4,7,9-10H2,1H3,(H,26,30). The number of benzene rings is 1. The number of halogens is 5. The molecule has 1 aliphatic rings. The molecule has 1 fully saturated rings. The number of hydrogen-bond acceptors (Lipinski definition) is 5. The van der Waals surface area contributed by atoms with Gasteiger partial charge in [0.1, 0.15) is 0 Å². The molecule has 2 heterocycles. The van der Waals surface area contributed by atoms with Crippen LogP contribution >= 0.6 is 11.6 Å². The van der Waals surface area contributed by atoms with Gasteiger partial charge in [-0.15, -0.1) is 4.83 Å². The lowest BCUT2D eigenvalue weighted by Gasteiger charge is -2.32. The number of sulfonamides is 1. The van der Waals surface area contributed by atoms with Crippen LogP contribution in [0.4, 0.5) is 17.6 Å². The SMILES string of the molecule is Cn1cnc(-c2cc(Cl)c(F)c(C(=O)NNS(=O)(=O)CC3CCCN(CC(F)(F)F)C3)c2)c1. The van der Waals surface area contributed by atoms with Crippen molar-refractivity contribution in [1.82, 2.24) is 24.7 Å². The first-order valence-corrected chi connectivity index (χ1v) is 11.9. The van der Waals surface area contributed by atoms with E-state index in [0.29, 0.717) is 24.1 Å². The normalized spacial score (nSPS) is 17.8. The fourth-order valence-electron chi connectivity index (χ4n) is 3.69. The number of imidazole rings is 1. The molecule has 2 N–H and O–H groups in total. The molecule has 0 saturated carbocycles. The highest BCUT2D eigenvalue weighted by atomic mass is 35.5. The Hall–Kier alpha value is -2.22. The molecule has 8 nitrogen and oxygen atoms in total. The van der Waals surface area contributed by atoms with Gasteiger partial charge in [0.15, 0.2) is 5.82 Å². The van der Waals surface area contributed by atoms with Crippen LogP contribution in [0.15, 0.2) is 24.7 Å². The molecule has 0 radical (unpaired) electrons. The van der Waals surface area contributed by atoms with Crippen molar-refractivity contribution in [3.05, 3.63) is 41.1 Å². The molecule has 3 rings (SSSR count). The number of alkyl halides is 3. The van der Waals surface area contributed by atoms with E-state index in [2.05, 4.69) is 4.98 Å². The van der Waals surface area contributed by atoms with Crippen LogP contribution in [0.25, 0.3) is 11.3 Å². The molecular formula is C19H22ClF4N5O3S. The first kappa shape index (κ1) is 25.4. The van der Waals surface area contributed by atoms with E-state index in [-0.39, 0.29) is 18.1 Å². The van der Waals surface area contributed by atoms with Crippen molar-refractivity contribution in [3.63, 3.8) is 0 Å². The zero-order valence-electron chi connectivity index (χ0n) is 17.5. The summed E-state index contributed by atoms with van der Waals surface area (Å²) >= 11 is 5.89. The van der Waals surface area contributed by atoms with Crippen LogP contribution in [0, 0.1) is 11.7 Å². The third-order valence-electron chi connectivity index (χ3n) is 5.05. The highest BCUT2D eigenvalue weighted by molar-refractivity contribution is 7.89. The molecular weight excluding hydrogens is 490 g/mol. The maximum atomic E-state index is 14.4. The van der Waals surface area contributed by atoms with Gasteiger partial charge in [0.05, 0.1) is 34.9 Å². The molecule has 182 valence electrons. The average Bonchev–Trinajstić information content (AvgIpc) is 3.13. The molecule has 33 heavy (non-hydrogen) atoms. The third kappa shape index (κ3) is 7.13. The quantitative estimate of drug-likeness (QED) is 0.440. The number of rotatable bonds is 7. The molecule has 1 amide bonds. The Kier molecular flexibility index (Phi) is 7.66. The monoisotopic (exact) mass is 511 g/mol. The van der Waals surface area contributed by atoms with Gasteiger partial charge in [-0.3, -0.25) is 15.1 Å². The maximum absolute atomic E-state index is 14.4. The van der Waals surface area contributed by atoms with Gasteiger partial charge < -0.3 is 4.57 Å². The Labute approximate surface area is 192 Å². The number of hydrogen-bond donors (Lipinski definition) is 2. The first-order valence-electron chi connectivity index (χ1n) is 9.89. The number of carbonyl (C=O) groups excluding carboxylic acids is 1. The fourth-order valence-corrected chi connectivity index (χ4v) is 5.14. The number of aryl methyl sites for hydroxylation is 1. The summed E-state index contributed by atoms with van der Waals surface area (Å²) < 4.78 is 78.6. The van der Waals surface area contributed by atoms with Crippen LogP contribution < -0.4 is 10.3 Å². The van der Waals surface area contributed by atoms with Crippen molar-refractivity contribution in [2.75, 3.05) is 25.4 Å². The fraction of sp³-hybridized carbons (Fsp3) is 0.474. The van der Waals surface area contributed by atoms with Crippen LogP contribution in [0.1, 0.15) is 23.2 Å². The van der Waals surface area contributed by atoms with E-state index in [9.17, 15) is 30.8 Å². The lowest BCUT2D eigenvalue weighted by Crippen LogP contribution is -2.47. The van der Waals surface area contributed by atoms with Gasteiger partial charge in [-0.25, -0.2) is 17.8 Å². The third-order valence-corrected chi connectivity index (χ3v) is 6.65.